The Kier molecular flexibility index (Phi) is 4.35. The monoisotopic (exact) mass is 252 g/mol. The van der Waals surface area contributed by atoms with Crippen LogP contribution in [0.5, 0.6) is 5.75 Å². The summed E-state index contributed by atoms with van der Waals surface area (Å²) in [6.07, 6.45) is 1.33. The van der Waals surface area contributed by atoms with Crippen LogP contribution in [-0.4, -0.2) is 29.3 Å². The minimum atomic E-state index is 0.276. The highest BCUT2D eigenvalue weighted by Crippen LogP contribution is 2.30. The second kappa shape index (κ2) is 5.78. The van der Waals surface area contributed by atoms with E-state index in [-0.39, 0.29) is 6.61 Å². The average molecular weight is 252 g/mol. The zero-order valence-corrected chi connectivity index (χ0v) is 11.3. The Morgan fingerprint density at radius 3 is 3.12 bits per heavy atom. The van der Waals surface area contributed by atoms with Crippen LogP contribution in [0.2, 0.25) is 0 Å². The highest BCUT2D eigenvalue weighted by molar-refractivity contribution is 7.99. The lowest BCUT2D eigenvalue weighted by Crippen LogP contribution is -2.17. The van der Waals surface area contributed by atoms with Gasteiger partial charge in [0.1, 0.15) is 11.9 Å². The number of benzene rings is 1. The highest BCUT2D eigenvalue weighted by Gasteiger charge is 2.22. The van der Waals surface area contributed by atoms with Crippen LogP contribution in [0.25, 0.3) is 0 Å². The van der Waals surface area contributed by atoms with E-state index < -0.39 is 0 Å². The number of aryl methyl sites for hydroxylation is 1. The fourth-order valence-corrected chi connectivity index (χ4v) is 3.09. The first-order chi connectivity index (χ1) is 8.19. The van der Waals surface area contributed by atoms with E-state index in [1.165, 1.54) is 11.1 Å². The molecule has 0 spiro atoms. The Hall–Kier alpha value is -0.670. The largest absolute Gasteiger partial charge is 0.489 e. The van der Waals surface area contributed by atoms with Gasteiger partial charge < -0.3 is 9.84 Å². The van der Waals surface area contributed by atoms with Gasteiger partial charge in [-0.2, -0.15) is 11.8 Å². The Morgan fingerprint density at radius 2 is 2.35 bits per heavy atom. The molecule has 1 aliphatic rings. The topological polar surface area (TPSA) is 29.5 Å². The summed E-state index contributed by atoms with van der Waals surface area (Å²) in [4.78, 5) is 0. The smallest absolute Gasteiger partial charge is 0.123 e. The Morgan fingerprint density at radius 1 is 1.53 bits per heavy atom. The van der Waals surface area contributed by atoms with Crippen LogP contribution in [0, 0.1) is 12.8 Å². The van der Waals surface area contributed by atoms with Gasteiger partial charge in [-0.25, -0.2) is 0 Å². The number of hydrogen-bond donors (Lipinski definition) is 1. The van der Waals surface area contributed by atoms with E-state index in [0.717, 1.165) is 23.7 Å². The second-order valence-corrected chi connectivity index (χ2v) is 5.96. The summed E-state index contributed by atoms with van der Waals surface area (Å²) < 4.78 is 5.89. The zero-order valence-electron chi connectivity index (χ0n) is 10.5. The molecular weight excluding hydrogens is 232 g/mol. The maximum Gasteiger partial charge on any atom is 0.123 e. The van der Waals surface area contributed by atoms with Crippen molar-refractivity contribution in [1.82, 2.24) is 0 Å². The molecule has 0 aliphatic carbocycles. The molecule has 0 aromatic heterocycles. The highest BCUT2D eigenvalue weighted by atomic mass is 32.2. The molecule has 3 heteroatoms. The van der Waals surface area contributed by atoms with Gasteiger partial charge in [-0.05, 0) is 30.2 Å². The predicted molar refractivity (Wildman–Crippen MR) is 72.9 cm³/mol. The lowest BCUT2D eigenvalue weighted by Gasteiger charge is -2.12. The van der Waals surface area contributed by atoms with E-state index in [1.807, 2.05) is 11.8 Å². The van der Waals surface area contributed by atoms with E-state index in [2.05, 4.69) is 32.0 Å². The van der Waals surface area contributed by atoms with Gasteiger partial charge in [-0.15, -0.1) is 0 Å². The van der Waals surface area contributed by atoms with Gasteiger partial charge in [-0.3, -0.25) is 0 Å². The maximum absolute atomic E-state index is 8.95. The summed E-state index contributed by atoms with van der Waals surface area (Å²) in [6, 6.07) is 6.39. The number of aliphatic hydroxyl groups is 1. The molecule has 0 saturated carbocycles. The van der Waals surface area contributed by atoms with Crippen molar-refractivity contribution in [2.45, 2.75) is 26.4 Å². The molecule has 0 amide bonds. The predicted octanol–water partition coefficient (Wildman–Crippen LogP) is 2.66. The molecule has 94 valence electrons. The maximum atomic E-state index is 8.95. The molecule has 1 aromatic rings. The summed E-state index contributed by atoms with van der Waals surface area (Å²) >= 11 is 1.87. The van der Waals surface area contributed by atoms with E-state index in [1.54, 1.807) is 0 Å². The van der Waals surface area contributed by atoms with Crippen LogP contribution in [0.3, 0.4) is 0 Å². The van der Waals surface area contributed by atoms with Crippen molar-refractivity contribution in [3.8, 4) is 5.75 Å². The molecule has 2 atom stereocenters. The number of hydrogen-bond acceptors (Lipinski definition) is 3. The quantitative estimate of drug-likeness (QED) is 0.873. The summed E-state index contributed by atoms with van der Waals surface area (Å²) in [5.41, 5.74) is 2.64. The zero-order chi connectivity index (χ0) is 12.3. The number of rotatable bonds is 5. The van der Waals surface area contributed by atoms with Crippen LogP contribution in [0.4, 0.5) is 0 Å². The normalized spacial score (nSPS) is 19.8. The summed E-state index contributed by atoms with van der Waals surface area (Å²) in [7, 11) is 0. The summed E-state index contributed by atoms with van der Waals surface area (Å²) in [5, 5.41) is 8.95. The van der Waals surface area contributed by atoms with Crippen LogP contribution >= 0.6 is 11.8 Å². The first kappa shape index (κ1) is 12.8. The Bertz CT molecular complexity index is 378. The second-order valence-electron chi connectivity index (χ2n) is 4.88. The van der Waals surface area contributed by atoms with Crippen molar-refractivity contribution in [1.29, 1.82) is 0 Å². The molecule has 0 fully saturated rings. The molecule has 0 saturated heterocycles. The SMILES string of the molecule is Cc1ccc2c(c1)CC(CSCC(C)CO)O2. The third-order valence-electron chi connectivity index (χ3n) is 2.97. The number of ether oxygens (including phenoxy) is 1. The lowest BCUT2D eigenvalue weighted by atomic mass is 10.1. The first-order valence-corrected chi connectivity index (χ1v) is 7.29. The summed E-state index contributed by atoms with van der Waals surface area (Å²) in [5.74, 6) is 3.45. The van der Waals surface area contributed by atoms with Crippen molar-refractivity contribution < 1.29 is 9.84 Å². The number of thioether (sulfide) groups is 1. The van der Waals surface area contributed by atoms with Crippen LogP contribution < -0.4 is 4.74 Å². The molecule has 17 heavy (non-hydrogen) atoms. The molecule has 0 radical (unpaired) electrons. The Labute approximate surface area is 107 Å². The fraction of sp³-hybridized carbons (Fsp3) is 0.571. The third-order valence-corrected chi connectivity index (χ3v) is 4.39. The average Bonchev–Trinajstić information content (AvgIpc) is 2.70. The van der Waals surface area contributed by atoms with Crippen molar-refractivity contribution in [3.63, 3.8) is 0 Å². The van der Waals surface area contributed by atoms with Gasteiger partial charge in [0.25, 0.3) is 0 Å². The van der Waals surface area contributed by atoms with Crippen molar-refractivity contribution in [2.24, 2.45) is 5.92 Å². The summed E-state index contributed by atoms with van der Waals surface area (Å²) in [6.45, 7) is 4.46. The van der Waals surface area contributed by atoms with Gasteiger partial charge in [0, 0.05) is 18.8 Å². The van der Waals surface area contributed by atoms with E-state index in [4.69, 9.17) is 9.84 Å². The van der Waals surface area contributed by atoms with E-state index in [9.17, 15) is 0 Å². The Balaban J connectivity index is 1.80. The van der Waals surface area contributed by atoms with Gasteiger partial charge >= 0.3 is 0 Å². The first-order valence-electron chi connectivity index (χ1n) is 6.14. The van der Waals surface area contributed by atoms with Gasteiger partial charge in [0.15, 0.2) is 0 Å². The molecular formula is C14H20O2S. The molecule has 1 aromatic carbocycles. The molecule has 1 aliphatic heterocycles. The van der Waals surface area contributed by atoms with Crippen molar-refractivity contribution >= 4 is 11.8 Å². The van der Waals surface area contributed by atoms with E-state index >= 15 is 0 Å². The lowest BCUT2D eigenvalue weighted by molar-refractivity contribution is 0.249. The van der Waals surface area contributed by atoms with Crippen LogP contribution in [0.1, 0.15) is 18.1 Å². The van der Waals surface area contributed by atoms with E-state index in [0.29, 0.717) is 12.0 Å². The minimum absolute atomic E-state index is 0.276. The van der Waals surface area contributed by atoms with Crippen molar-refractivity contribution in [2.75, 3.05) is 18.1 Å². The molecule has 2 nitrogen and oxygen atoms in total. The fourth-order valence-electron chi connectivity index (χ4n) is 2.00. The molecule has 1 heterocycles. The van der Waals surface area contributed by atoms with Gasteiger partial charge in [0.05, 0.1) is 0 Å². The van der Waals surface area contributed by atoms with Crippen LogP contribution in [-0.2, 0) is 6.42 Å². The third kappa shape index (κ3) is 3.39. The number of fused-ring (bicyclic) bond motifs is 1. The molecule has 0 bridgehead atoms. The molecule has 1 N–H and O–H groups in total. The van der Waals surface area contributed by atoms with Gasteiger partial charge in [0.2, 0.25) is 0 Å². The molecule has 2 rings (SSSR count). The van der Waals surface area contributed by atoms with Gasteiger partial charge in [-0.1, -0.05) is 24.6 Å². The number of aliphatic hydroxyl groups excluding tert-OH is 1. The molecule has 2 unspecified atom stereocenters. The standard InChI is InChI=1S/C14H20O2S/c1-10-3-4-14-12(5-10)6-13(16-14)9-17-8-11(2)7-15/h3-5,11,13,15H,6-9H2,1-2H3. The van der Waals surface area contributed by atoms with Crippen molar-refractivity contribution in [3.05, 3.63) is 29.3 Å². The minimum Gasteiger partial charge on any atom is -0.489 e. The van der Waals surface area contributed by atoms with Crippen LogP contribution in [0.15, 0.2) is 18.2 Å².